The molecule has 0 aliphatic carbocycles. The van der Waals surface area contributed by atoms with Gasteiger partial charge in [0.25, 0.3) is 0 Å². The Bertz CT molecular complexity index is 262. The van der Waals surface area contributed by atoms with Crippen LogP contribution in [-0.2, 0) is 10.4 Å². The molecule has 0 spiro atoms. The Balaban J connectivity index is 0. The zero-order valence-corrected chi connectivity index (χ0v) is 13.3. The van der Waals surface area contributed by atoms with Crippen molar-refractivity contribution in [1.29, 1.82) is 0 Å². The van der Waals surface area contributed by atoms with E-state index in [2.05, 4.69) is 36.9 Å². The van der Waals surface area contributed by atoms with E-state index >= 15 is 0 Å². The first-order valence-corrected chi connectivity index (χ1v) is 7.94. The monoisotopic (exact) mass is 286 g/mol. The first-order chi connectivity index (χ1) is 7.48. The van der Waals surface area contributed by atoms with E-state index in [1.807, 2.05) is 0 Å². The van der Waals surface area contributed by atoms with Crippen LogP contribution in [0.15, 0.2) is 0 Å². The van der Waals surface area contributed by atoms with Crippen LogP contribution in [0.25, 0.3) is 0 Å². The molecule has 0 radical (unpaired) electrons. The molecular weight excluding hydrogens is 259 g/mol. The van der Waals surface area contributed by atoms with E-state index in [-0.39, 0.29) is 0 Å². The quantitative estimate of drug-likeness (QED) is 0.444. The first kappa shape index (κ1) is 19.6. The smallest absolute Gasteiger partial charge is 0.264 e. The Labute approximate surface area is 108 Å². The molecule has 0 aromatic heterocycles. The zero-order chi connectivity index (χ0) is 14.1. The van der Waals surface area contributed by atoms with Gasteiger partial charge in [0, 0.05) is 0 Å². The molecule has 0 rings (SSSR count). The van der Waals surface area contributed by atoms with Crippen molar-refractivity contribution in [2.75, 3.05) is 0 Å². The minimum Gasteiger partial charge on any atom is -0.264 e. The summed E-state index contributed by atoms with van der Waals surface area (Å²) in [5.74, 6) is 0.833. The lowest BCUT2D eigenvalue weighted by Crippen LogP contribution is -2.20. The second kappa shape index (κ2) is 9.26. The Morgan fingerprint density at radius 3 is 1.88 bits per heavy atom. The molecule has 2 unspecified atom stereocenters. The molecule has 2 N–H and O–H groups in total. The molecule has 0 aromatic rings. The van der Waals surface area contributed by atoms with Gasteiger partial charge in [-0.15, -0.1) is 9.24 Å². The average Bonchev–Trinajstić information content (AvgIpc) is 2.07. The van der Waals surface area contributed by atoms with Gasteiger partial charge in [-0.05, 0) is 17.5 Å². The third kappa shape index (κ3) is 22.0. The Kier molecular flexibility index (Phi) is 10.7. The molecule has 4 nitrogen and oxygen atoms in total. The molecule has 0 aromatic carbocycles. The number of hydrogen-bond donors (Lipinski definition) is 2. The van der Waals surface area contributed by atoms with Crippen molar-refractivity contribution in [1.82, 2.24) is 0 Å². The highest BCUT2D eigenvalue weighted by molar-refractivity contribution is 7.79. The molecule has 0 bridgehead atoms. The molecule has 2 atom stereocenters. The molecule has 17 heavy (non-hydrogen) atoms. The highest BCUT2D eigenvalue weighted by atomic mass is 32.3. The standard InChI is InChI=1S/C11H25P.H2O4S/c1-5-6-7-8-9-10(2)11(3,4)12;1-5(2,3)4/h10H,5-9,12H2,1-4H3;(H2,1,2,3,4). The molecule has 0 amide bonds. The first-order valence-electron chi connectivity index (χ1n) is 5.97. The van der Waals surface area contributed by atoms with Crippen LogP contribution in [0.5, 0.6) is 0 Å². The average molecular weight is 286 g/mol. The van der Waals surface area contributed by atoms with Gasteiger partial charge in [-0.3, -0.25) is 9.11 Å². The fourth-order valence-corrected chi connectivity index (χ4v) is 1.42. The topological polar surface area (TPSA) is 74.6 Å². The fraction of sp³-hybridized carbons (Fsp3) is 1.00. The highest BCUT2D eigenvalue weighted by Crippen LogP contribution is 2.30. The van der Waals surface area contributed by atoms with Gasteiger partial charge >= 0.3 is 10.4 Å². The maximum Gasteiger partial charge on any atom is 0.394 e. The van der Waals surface area contributed by atoms with Crippen molar-refractivity contribution >= 4 is 19.6 Å². The summed E-state index contributed by atoms with van der Waals surface area (Å²) in [5.41, 5.74) is 0. The summed E-state index contributed by atoms with van der Waals surface area (Å²) in [7, 11) is -1.71. The van der Waals surface area contributed by atoms with Gasteiger partial charge in [0.15, 0.2) is 0 Å². The summed E-state index contributed by atoms with van der Waals surface area (Å²) >= 11 is 0. The van der Waals surface area contributed by atoms with Crippen LogP contribution in [0.1, 0.15) is 59.8 Å². The molecule has 0 aliphatic rings. The Hall–Kier alpha value is 0.300. The van der Waals surface area contributed by atoms with E-state index in [0.717, 1.165) is 5.92 Å². The predicted octanol–water partition coefficient (Wildman–Crippen LogP) is 3.59. The van der Waals surface area contributed by atoms with Gasteiger partial charge in [-0.2, -0.15) is 8.42 Å². The molecule has 0 saturated carbocycles. The van der Waals surface area contributed by atoms with Gasteiger partial charge in [0.1, 0.15) is 0 Å². The van der Waals surface area contributed by atoms with Crippen LogP contribution in [0.3, 0.4) is 0 Å². The van der Waals surface area contributed by atoms with E-state index in [9.17, 15) is 0 Å². The third-order valence-corrected chi connectivity index (χ3v) is 3.33. The van der Waals surface area contributed by atoms with E-state index < -0.39 is 10.4 Å². The maximum absolute atomic E-state index is 8.74. The lowest BCUT2D eigenvalue weighted by molar-refractivity contribution is 0.381. The molecule has 106 valence electrons. The van der Waals surface area contributed by atoms with Crippen molar-refractivity contribution in [2.45, 2.75) is 65.0 Å². The second-order valence-corrected chi connectivity index (χ2v) is 7.40. The molecule has 0 heterocycles. The SMILES string of the molecule is CCCCCCC(C)C(C)(C)P.O=S(=O)(O)O. The minimum atomic E-state index is -4.67. The fourth-order valence-electron chi connectivity index (χ4n) is 1.25. The Morgan fingerprint density at radius 1 is 1.18 bits per heavy atom. The summed E-state index contributed by atoms with van der Waals surface area (Å²) < 4.78 is 31.6. The van der Waals surface area contributed by atoms with Gasteiger partial charge in [-0.25, -0.2) is 0 Å². The molecule has 6 heteroatoms. The van der Waals surface area contributed by atoms with Crippen molar-refractivity contribution in [3.63, 3.8) is 0 Å². The molecule has 0 aliphatic heterocycles. The van der Waals surface area contributed by atoms with Crippen molar-refractivity contribution in [3.05, 3.63) is 0 Å². The van der Waals surface area contributed by atoms with Gasteiger partial charge in [0.2, 0.25) is 0 Å². The van der Waals surface area contributed by atoms with E-state index in [1.54, 1.807) is 0 Å². The third-order valence-electron chi connectivity index (χ3n) is 2.76. The summed E-state index contributed by atoms with van der Waals surface area (Å²) in [6.45, 7) is 9.24. The van der Waals surface area contributed by atoms with Crippen molar-refractivity contribution in [3.8, 4) is 0 Å². The lowest BCUT2D eigenvalue weighted by atomic mass is 9.91. The van der Waals surface area contributed by atoms with E-state index in [1.165, 1.54) is 32.1 Å². The van der Waals surface area contributed by atoms with Crippen LogP contribution >= 0.6 is 9.24 Å². The number of unbranched alkanes of at least 4 members (excludes halogenated alkanes) is 3. The number of rotatable bonds is 6. The van der Waals surface area contributed by atoms with Gasteiger partial charge in [-0.1, -0.05) is 53.4 Å². The molecular formula is C11H27O4PS. The summed E-state index contributed by atoms with van der Waals surface area (Å²) in [6, 6.07) is 0. The lowest BCUT2D eigenvalue weighted by Gasteiger charge is -2.26. The van der Waals surface area contributed by atoms with Crippen LogP contribution in [0, 0.1) is 5.92 Å². The minimum absolute atomic E-state index is 0.423. The molecule has 0 saturated heterocycles. The molecule has 0 fully saturated rings. The normalized spacial score (nSPS) is 13.8. The van der Waals surface area contributed by atoms with E-state index in [4.69, 9.17) is 17.5 Å². The van der Waals surface area contributed by atoms with Crippen molar-refractivity contribution in [2.24, 2.45) is 5.92 Å². The Morgan fingerprint density at radius 2 is 1.59 bits per heavy atom. The van der Waals surface area contributed by atoms with Crippen molar-refractivity contribution < 1.29 is 17.5 Å². The van der Waals surface area contributed by atoms with Crippen LogP contribution in [0.2, 0.25) is 0 Å². The van der Waals surface area contributed by atoms with Crippen LogP contribution in [0.4, 0.5) is 0 Å². The van der Waals surface area contributed by atoms with Crippen LogP contribution < -0.4 is 0 Å². The highest BCUT2D eigenvalue weighted by Gasteiger charge is 2.18. The largest absolute Gasteiger partial charge is 0.394 e. The maximum atomic E-state index is 8.74. The summed E-state index contributed by atoms with van der Waals surface area (Å²) in [4.78, 5) is 0. The second-order valence-electron chi connectivity index (χ2n) is 5.02. The van der Waals surface area contributed by atoms with Crippen LogP contribution in [-0.4, -0.2) is 22.7 Å². The zero-order valence-electron chi connectivity index (χ0n) is 11.3. The summed E-state index contributed by atoms with van der Waals surface area (Å²) in [6.07, 6.45) is 6.97. The van der Waals surface area contributed by atoms with Gasteiger partial charge in [0.05, 0.1) is 0 Å². The predicted molar refractivity (Wildman–Crippen MR) is 75.9 cm³/mol. The van der Waals surface area contributed by atoms with E-state index in [0.29, 0.717) is 5.16 Å². The summed E-state index contributed by atoms with van der Waals surface area (Å²) in [5, 5.41) is 0.423. The van der Waals surface area contributed by atoms with Gasteiger partial charge < -0.3 is 0 Å². The number of hydrogen-bond acceptors (Lipinski definition) is 2.